The average Bonchev–Trinajstić information content (AvgIpc) is 2.85. The number of hydrogen-bond donors (Lipinski definition) is 1. The van der Waals surface area contributed by atoms with Crippen molar-refractivity contribution in [1.29, 1.82) is 5.26 Å². The van der Waals surface area contributed by atoms with Crippen molar-refractivity contribution in [3.8, 4) is 17.6 Å². The predicted octanol–water partition coefficient (Wildman–Crippen LogP) is 4.40. The van der Waals surface area contributed by atoms with Crippen molar-refractivity contribution in [3.05, 3.63) is 77.1 Å². The highest BCUT2D eigenvalue weighted by Gasteiger charge is 2.29. The first-order valence-corrected chi connectivity index (χ1v) is 12.0. The maximum absolute atomic E-state index is 13.8. The zero-order chi connectivity index (χ0) is 25.6. The van der Waals surface area contributed by atoms with Gasteiger partial charge in [0.2, 0.25) is 5.91 Å². The number of ether oxygens (including phenoxy) is 2. The van der Waals surface area contributed by atoms with E-state index < -0.39 is 28.3 Å². The van der Waals surface area contributed by atoms with Gasteiger partial charge in [0.1, 0.15) is 12.4 Å². The quantitative estimate of drug-likeness (QED) is 0.450. The predicted molar refractivity (Wildman–Crippen MR) is 130 cm³/mol. The standard InChI is InChI=1S/C24H21ClFN3O5S/c1-33-22-10-8-19(14-23(22)34-2)35(31,32)29(18-7-9-21(26)20(25)13-18)15-24(30)28-17-5-3-16(4-6-17)11-12-27/h3-10,13-14H,11,15H2,1-2H3,(H,28,30). The van der Waals surface area contributed by atoms with E-state index in [1.165, 1.54) is 38.5 Å². The zero-order valence-corrected chi connectivity index (χ0v) is 20.4. The Balaban J connectivity index is 1.97. The first-order chi connectivity index (χ1) is 16.7. The highest BCUT2D eigenvalue weighted by molar-refractivity contribution is 7.92. The van der Waals surface area contributed by atoms with E-state index in [-0.39, 0.29) is 27.8 Å². The summed E-state index contributed by atoms with van der Waals surface area (Å²) < 4.78 is 52.1. The van der Waals surface area contributed by atoms with Gasteiger partial charge in [-0.25, -0.2) is 12.8 Å². The summed E-state index contributed by atoms with van der Waals surface area (Å²) in [5.41, 5.74) is 1.17. The molecule has 3 rings (SSSR count). The zero-order valence-electron chi connectivity index (χ0n) is 18.8. The topological polar surface area (TPSA) is 109 Å². The molecule has 0 saturated heterocycles. The molecule has 0 aliphatic heterocycles. The number of carbonyl (C=O) groups excluding carboxylic acids is 1. The van der Waals surface area contributed by atoms with Gasteiger partial charge in [0.25, 0.3) is 10.0 Å². The summed E-state index contributed by atoms with van der Waals surface area (Å²) in [5.74, 6) is -0.892. The van der Waals surface area contributed by atoms with Crippen LogP contribution in [0.1, 0.15) is 5.56 Å². The molecule has 11 heteroatoms. The molecule has 3 aromatic carbocycles. The van der Waals surface area contributed by atoms with E-state index in [0.717, 1.165) is 22.0 Å². The van der Waals surface area contributed by atoms with E-state index in [0.29, 0.717) is 11.4 Å². The van der Waals surface area contributed by atoms with Gasteiger partial charge in [-0.2, -0.15) is 5.26 Å². The van der Waals surface area contributed by atoms with Gasteiger partial charge in [-0.15, -0.1) is 0 Å². The number of hydrogen-bond acceptors (Lipinski definition) is 6. The Labute approximate surface area is 207 Å². The number of carbonyl (C=O) groups is 1. The second-order valence-electron chi connectivity index (χ2n) is 7.21. The lowest BCUT2D eigenvalue weighted by Crippen LogP contribution is -2.38. The first-order valence-electron chi connectivity index (χ1n) is 10.1. The fourth-order valence-electron chi connectivity index (χ4n) is 3.19. The Bertz CT molecular complexity index is 1370. The van der Waals surface area contributed by atoms with Crippen molar-refractivity contribution in [2.45, 2.75) is 11.3 Å². The summed E-state index contributed by atoms with van der Waals surface area (Å²) in [5, 5.41) is 11.1. The first kappa shape index (κ1) is 25.8. The molecule has 0 saturated carbocycles. The van der Waals surface area contributed by atoms with Crippen molar-refractivity contribution in [2.75, 3.05) is 30.4 Å². The fraction of sp³-hybridized carbons (Fsp3) is 0.167. The van der Waals surface area contributed by atoms with Gasteiger partial charge in [0.05, 0.1) is 42.3 Å². The Hall–Kier alpha value is -3.81. The Morgan fingerprint density at radius 1 is 1.06 bits per heavy atom. The lowest BCUT2D eigenvalue weighted by molar-refractivity contribution is -0.114. The van der Waals surface area contributed by atoms with Crippen LogP contribution in [0.25, 0.3) is 0 Å². The van der Waals surface area contributed by atoms with Crippen LogP contribution in [-0.4, -0.2) is 35.1 Å². The van der Waals surface area contributed by atoms with Crippen molar-refractivity contribution < 1.29 is 27.1 Å². The minimum Gasteiger partial charge on any atom is -0.493 e. The molecule has 0 aliphatic carbocycles. The minimum atomic E-state index is -4.32. The Morgan fingerprint density at radius 3 is 2.34 bits per heavy atom. The van der Waals surface area contributed by atoms with E-state index in [1.807, 2.05) is 6.07 Å². The van der Waals surface area contributed by atoms with E-state index in [4.69, 9.17) is 26.3 Å². The molecule has 1 N–H and O–H groups in total. The van der Waals surface area contributed by atoms with Crippen LogP contribution in [0.5, 0.6) is 11.5 Å². The maximum Gasteiger partial charge on any atom is 0.264 e. The lowest BCUT2D eigenvalue weighted by Gasteiger charge is -2.25. The van der Waals surface area contributed by atoms with Crippen molar-refractivity contribution in [2.24, 2.45) is 0 Å². The molecular formula is C24H21ClFN3O5S. The molecule has 0 fully saturated rings. The third-order valence-electron chi connectivity index (χ3n) is 4.94. The molecule has 0 heterocycles. The van der Waals surface area contributed by atoms with E-state index in [9.17, 15) is 17.6 Å². The average molecular weight is 518 g/mol. The highest BCUT2D eigenvalue weighted by Crippen LogP contribution is 2.33. The molecule has 3 aromatic rings. The summed E-state index contributed by atoms with van der Waals surface area (Å²) in [6.45, 7) is -0.626. The number of methoxy groups -OCH3 is 2. The summed E-state index contributed by atoms with van der Waals surface area (Å²) >= 11 is 5.89. The monoisotopic (exact) mass is 517 g/mol. The van der Waals surface area contributed by atoms with Crippen LogP contribution < -0.4 is 19.1 Å². The number of nitriles is 1. The number of nitrogens with one attached hydrogen (secondary N) is 1. The number of nitrogens with zero attached hydrogens (tertiary/aromatic N) is 2. The van der Waals surface area contributed by atoms with Crippen LogP contribution in [-0.2, 0) is 21.2 Å². The Morgan fingerprint density at radius 2 is 1.74 bits per heavy atom. The molecular weight excluding hydrogens is 497 g/mol. The van der Waals surface area contributed by atoms with Gasteiger partial charge in [-0.05, 0) is 48.0 Å². The van der Waals surface area contributed by atoms with E-state index in [2.05, 4.69) is 5.32 Å². The van der Waals surface area contributed by atoms with Gasteiger partial charge in [0.15, 0.2) is 11.5 Å². The van der Waals surface area contributed by atoms with Gasteiger partial charge < -0.3 is 14.8 Å². The molecule has 0 radical (unpaired) electrons. The van der Waals surface area contributed by atoms with Gasteiger partial charge in [-0.1, -0.05) is 23.7 Å². The second-order valence-corrected chi connectivity index (χ2v) is 9.48. The fourth-order valence-corrected chi connectivity index (χ4v) is 4.79. The van der Waals surface area contributed by atoms with Crippen LogP contribution in [0.3, 0.4) is 0 Å². The third-order valence-corrected chi connectivity index (χ3v) is 7.00. The molecule has 0 atom stereocenters. The molecule has 0 bridgehead atoms. The van der Waals surface area contributed by atoms with Crippen LogP contribution in [0.2, 0.25) is 5.02 Å². The van der Waals surface area contributed by atoms with E-state index >= 15 is 0 Å². The largest absolute Gasteiger partial charge is 0.493 e. The van der Waals surface area contributed by atoms with Crippen molar-refractivity contribution in [1.82, 2.24) is 0 Å². The number of sulfonamides is 1. The van der Waals surface area contributed by atoms with Gasteiger partial charge in [-0.3, -0.25) is 9.10 Å². The molecule has 35 heavy (non-hydrogen) atoms. The van der Waals surface area contributed by atoms with Crippen LogP contribution in [0, 0.1) is 17.1 Å². The van der Waals surface area contributed by atoms with Crippen molar-refractivity contribution >= 4 is 38.9 Å². The molecule has 0 unspecified atom stereocenters. The van der Waals surface area contributed by atoms with Gasteiger partial charge >= 0.3 is 0 Å². The second kappa shape index (κ2) is 11.1. The van der Waals surface area contributed by atoms with Crippen LogP contribution in [0.15, 0.2) is 65.6 Å². The molecule has 0 aliphatic rings. The summed E-state index contributed by atoms with van der Waals surface area (Å²) in [6, 6.07) is 15.9. The SMILES string of the molecule is COc1ccc(S(=O)(=O)N(CC(=O)Nc2ccc(CC#N)cc2)c2ccc(F)c(Cl)c2)cc1OC. The third kappa shape index (κ3) is 6.01. The normalized spacial score (nSPS) is 10.8. The van der Waals surface area contributed by atoms with Crippen molar-refractivity contribution in [3.63, 3.8) is 0 Å². The van der Waals surface area contributed by atoms with E-state index in [1.54, 1.807) is 24.3 Å². The summed E-state index contributed by atoms with van der Waals surface area (Å²) in [7, 11) is -1.55. The number of anilines is 2. The summed E-state index contributed by atoms with van der Waals surface area (Å²) in [6.07, 6.45) is 0.219. The smallest absolute Gasteiger partial charge is 0.264 e. The molecule has 0 aromatic heterocycles. The number of halogens is 2. The molecule has 8 nitrogen and oxygen atoms in total. The number of benzene rings is 3. The van der Waals surface area contributed by atoms with Crippen LogP contribution >= 0.6 is 11.6 Å². The summed E-state index contributed by atoms with van der Waals surface area (Å²) in [4.78, 5) is 12.7. The van der Waals surface area contributed by atoms with Gasteiger partial charge in [0, 0.05) is 11.8 Å². The minimum absolute atomic E-state index is 0.00861. The maximum atomic E-state index is 13.8. The molecule has 182 valence electrons. The van der Waals surface area contributed by atoms with Crippen LogP contribution in [0.4, 0.5) is 15.8 Å². The number of rotatable bonds is 9. The lowest BCUT2D eigenvalue weighted by atomic mass is 10.1. The number of amides is 1. The molecule has 1 amide bonds. The highest BCUT2D eigenvalue weighted by atomic mass is 35.5. The Kier molecular flexibility index (Phi) is 8.17. The molecule has 0 spiro atoms.